The first-order chi connectivity index (χ1) is 13.4. The van der Waals surface area contributed by atoms with E-state index in [-0.39, 0.29) is 22.9 Å². The van der Waals surface area contributed by atoms with Crippen LogP contribution in [0.25, 0.3) is 0 Å². The second kappa shape index (κ2) is 7.95. The van der Waals surface area contributed by atoms with E-state index >= 15 is 0 Å². The van der Waals surface area contributed by atoms with Gasteiger partial charge in [-0.1, -0.05) is 0 Å². The number of amides is 1. The van der Waals surface area contributed by atoms with Gasteiger partial charge >= 0.3 is 0 Å². The van der Waals surface area contributed by atoms with Crippen LogP contribution in [0.1, 0.15) is 19.4 Å². The molecule has 1 aromatic carbocycles. The monoisotopic (exact) mass is 445 g/mol. The smallest absolute Gasteiger partial charge is 0.247 e. The molecule has 2 saturated heterocycles. The van der Waals surface area contributed by atoms with E-state index in [0.717, 1.165) is 17.4 Å². The molecule has 9 nitrogen and oxygen atoms in total. The highest BCUT2D eigenvalue weighted by molar-refractivity contribution is 7.94. The maximum atomic E-state index is 12.7. The molecule has 0 unspecified atom stereocenters. The first-order valence-electron chi connectivity index (χ1n) is 9.42. The van der Waals surface area contributed by atoms with Crippen LogP contribution in [0, 0.1) is 12.3 Å². The van der Waals surface area contributed by atoms with Crippen LogP contribution in [-0.4, -0.2) is 72.8 Å². The zero-order valence-corrected chi connectivity index (χ0v) is 18.5. The molecular formula is C18H27N3O6S2. The Hall–Kier alpha value is -1.53. The number of carbonyl (C=O) groups is 1. The minimum atomic E-state index is -3.79. The summed E-state index contributed by atoms with van der Waals surface area (Å²) < 4.78 is 58.8. The number of hydrogen-bond donors (Lipinski definition) is 1. The van der Waals surface area contributed by atoms with Crippen LogP contribution in [0.15, 0.2) is 23.1 Å². The lowest BCUT2D eigenvalue weighted by molar-refractivity contribution is -0.123. The van der Waals surface area contributed by atoms with Crippen LogP contribution in [0.4, 0.5) is 5.69 Å². The van der Waals surface area contributed by atoms with Crippen molar-refractivity contribution in [3.63, 3.8) is 0 Å². The first-order valence-corrected chi connectivity index (χ1v) is 12.5. The van der Waals surface area contributed by atoms with Crippen molar-refractivity contribution in [3.05, 3.63) is 23.8 Å². The summed E-state index contributed by atoms with van der Waals surface area (Å²) in [7, 11) is -7.54. The molecule has 0 aromatic heterocycles. The van der Waals surface area contributed by atoms with Gasteiger partial charge in [-0.3, -0.25) is 9.69 Å². The zero-order chi connectivity index (χ0) is 21.4. The van der Waals surface area contributed by atoms with Gasteiger partial charge in [0.05, 0.1) is 35.0 Å². The molecule has 1 aromatic rings. The Bertz CT molecular complexity index is 998. The predicted molar refractivity (Wildman–Crippen MR) is 109 cm³/mol. The Morgan fingerprint density at radius 2 is 1.86 bits per heavy atom. The summed E-state index contributed by atoms with van der Waals surface area (Å²) in [4.78, 5) is 14.7. The summed E-state index contributed by atoms with van der Waals surface area (Å²) in [6.07, 6.45) is 0. The number of sulfonamides is 2. The summed E-state index contributed by atoms with van der Waals surface area (Å²) in [6, 6.07) is 4.13. The van der Waals surface area contributed by atoms with Crippen molar-refractivity contribution in [2.24, 2.45) is 5.41 Å². The van der Waals surface area contributed by atoms with Gasteiger partial charge < -0.3 is 4.74 Å². The molecule has 0 atom stereocenters. The lowest BCUT2D eigenvalue weighted by Crippen LogP contribution is -2.41. The number of carbonyl (C=O) groups excluding carboxylic acids is 1. The molecular weight excluding hydrogens is 418 g/mol. The third-order valence-corrected chi connectivity index (χ3v) is 8.73. The number of benzene rings is 1. The minimum absolute atomic E-state index is 0.0616. The Morgan fingerprint density at radius 3 is 2.41 bits per heavy atom. The average Bonchev–Trinajstić information content (AvgIpc) is 2.78. The zero-order valence-electron chi connectivity index (χ0n) is 16.8. The van der Waals surface area contributed by atoms with Crippen LogP contribution in [0.2, 0.25) is 0 Å². The number of nitrogens with one attached hydrogen (secondary N) is 1. The SMILES string of the molecule is Cc1cc(N2C(=O)C(C)(C)CS2(=O)=O)ccc1S(=O)(=O)NCCN1CCOCC1. The van der Waals surface area contributed by atoms with Gasteiger partial charge in [0.2, 0.25) is 26.0 Å². The molecule has 1 amide bonds. The van der Waals surface area contributed by atoms with E-state index in [4.69, 9.17) is 4.74 Å². The molecule has 162 valence electrons. The molecule has 0 aliphatic carbocycles. The summed E-state index contributed by atoms with van der Waals surface area (Å²) in [5.74, 6) is -0.794. The van der Waals surface area contributed by atoms with Crippen LogP contribution in [0.5, 0.6) is 0 Å². The van der Waals surface area contributed by atoms with E-state index < -0.39 is 31.4 Å². The number of anilines is 1. The predicted octanol–water partition coefficient (Wildman–Crippen LogP) is 0.308. The van der Waals surface area contributed by atoms with E-state index in [0.29, 0.717) is 25.3 Å². The number of hydrogen-bond acceptors (Lipinski definition) is 7. The number of aryl methyl sites for hydroxylation is 1. The van der Waals surface area contributed by atoms with Crippen molar-refractivity contribution >= 4 is 31.6 Å². The van der Waals surface area contributed by atoms with E-state index in [1.54, 1.807) is 20.8 Å². The quantitative estimate of drug-likeness (QED) is 0.670. The molecule has 2 heterocycles. The van der Waals surface area contributed by atoms with Gasteiger partial charge in [-0.15, -0.1) is 0 Å². The molecule has 0 spiro atoms. The molecule has 29 heavy (non-hydrogen) atoms. The van der Waals surface area contributed by atoms with Crippen LogP contribution < -0.4 is 9.03 Å². The van der Waals surface area contributed by atoms with Crippen LogP contribution >= 0.6 is 0 Å². The van der Waals surface area contributed by atoms with E-state index in [2.05, 4.69) is 9.62 Å². The van der Waals surface area contributed by atoms with Crippen molar-refractivity contribution < 1.29 is 26.4 Å². The molecule has 0 bridgehead atoms. The van der Waals surface area contributed by atoms with Gasteiger partial charge in [0.25, 0.3) is 0 Å². The first kappa shape index (κ1) is 22.2. The lowest BCUT2D eigenvalue weighted by Gasteiger charge is -2.26. The average molecular weight is 446 g/mol. The molecule has 2 aliphatic rings. The molecule has 11 heteroatoms. The molecule has 2 fully saturated rings. The summed E-state index contributed by atoms with van der Waals surface area (Å²) in [5, 5.41) is 0. The lowest BCUT2D eigenvalue weighted by atomic mass is 9.95. The third-order valence-electron chi connectivity index (χ3n) is 5.09. The highest BCUT2D eigenvalue weighted by Gasteiger charge is 2.50. The van der Waals surface area contributed by atoms with Crippen molar-refractivity contribution in [1.29, 1.82) is 0 Å². The molecule has 0 radical (unpaired) electrons. The largest absolute Gasteiger partial charge is 0.379 e. The van der Waals surface area contributed by atoms with Gasteiger partial charge in [-0.05, 0) is 44.5 Å². The Labute approximate surface area is 172 Å². The fourth-order valence-electron chi connectivity index (χ4n) is 3.56. The highest BCUT2D eigenvalue weighted by Crippen LogP contribution is 2.36. The standard InChI is InChI=1S/C18H27N3O6S2/c1-14-12-15(21-17(22)18(2,3)13-28(21,23)24)4-5-16(14)29(25,26)19-6-7-20-8-10-27-11-9-20/h4-5,12,19H,6-11,13H2,1-3H3. The number of morpholine rings is 1. The summed E-state index contributed by atoms with van der Waals surface area (Å²) in [6.45, 7) is 8.40. The van der Waals surface area contributed by atoms with E-state index in [1.165, 1.54) is 18.2 Å². The normalized spacial score (nSPS) is 22.2. The second-order valence-corrected chi connectivity index (χ2v) is 11.6. The molecule has 3 rings (SSSR count). The highest BCUT2D eigenvalue weighted by atomic mass is 32.2. The number of nitrogens with zero attached hydrogens (tertiary/aromatic N) is 2. The maximum absolute atomic E-state index is 12.7. The van der Waals surface area contributed by atoms with Gasteiger partial charge in [0.1, 0.15) is 0 Å². The van der Waals surface area contributed by atoms with Crippen molar-refractivity contribution in [2.75, 3.05) is 49.5 Å². The Morgan fingerprint density at radius 1 is 1.21 bits per heavy atom. The fraction of sp³-hybridized carbons (Fsp3) is 0.611. The van der Waals surface area contributed by atoms with Gasteiger partial charge in [-0.25, -0.2) is 25.9 Å². The van der Waals surface area contributed by atoms with Gasteiger partial charge in [0, 0.05) is 26.2 Å². The van der Waals surface area contributed by atoms with E-state index in [9.17, 15) is 21.6 Å². The van der Waals surface area contributed by atoms with Crippen molar-refractivity contribution in [3.8, 4) is 0 Å². The minimum Gasteiger partial charge on any atom is -0.379 e. The number of rotatable bonds is 6. The summed E-state index contributed by atoms with van der Waals surface area (Å²) in [5.41, 5.74) is -0.488. The van der Waals surface area contributed by atoms with Crippen molar-refractivity contribution in [2.45, 2.75) is 25.7 Å². The topological polar surface area (TPSA) is 113 Å². The third kappa shape index (κ3) is 4.64. The summed E-state index contributed by atoms with van der Waals surface area (Å²) >= 11 is 0. The van der Waals surface area contributed by atoms with Crippen LogP contribution in [-0.2, 0) is 29.6 Å². The second-order valence-electron chi connectivity index (χ2n) is 8.01. The molecule has 2 aliphatic heterocycles. The van der Waals surface area contributed by atoms with Gasteiger partial charge in [-0.2, -0.15) is 0 Å². The number of ether oxygens (including phenoxy) is 1. The Kier molecular flexibility index (Phi) is 6.08. The van der Waals surface area contributed by atoms with Crippen molar-refractivity contribution in [1.82, 2.24) is 9.62 Å². The van der Waals surface area contributed by atoms with E-state index in [1.807, 2.05) is 0 Å². The fourth-order valence-corrected chi connectivity index (χ4v) is 6.91. The maximum Gasteiger partial charge on any atom is 0.247 e. The molecule has 0 saturated carbocycles. The Balaban J connectivity index is 1.76. The van der Waals surface area contributed by atoms with Crippen LogP contribution in [0.3, 0.4) is 0 Å². The van der Waals surface area contributed by atoms with Gasteiger partial charge in [0.15, 0.2) is 0 Å². The molecule has 1 N–H and O–H groups in total.